The number of esters is 1. The zero-order valence-corrected chi connectivity index (χ0v) is 19.6. The van der Waals surface area contributed by atoms with Crippen molar-refractivity contribution in [1.29, 1.82) is 0 Å². The fourth-order valence-corrected chi connectivity index (χ4v) is 3.93. The molecule has 1 amide bonds. The molecule has 5 nitrogen and oxygen atoms in total. The summed E-state index contributed by atoms with van der Waals surface area (Å²) in [6.45, 7) is 3.61. The lowest BCUT2D eigenvalue weighted by Crippen LogP contribution is -2.24. The van der Waals surface area contributed by atoms with Crippen molar-refractivity contribution in [3.63, 3.8) is 0 Å². The van der Waals surface area contributed by atoms with E-state index in [-0.39, 0.29) is 24.5 Å². The molecular weight excluding hydrogens is 434 g/mol. The van der Waals surface area contributed by atoms with Crippen LogP contribution in [0.15, 0.2) is 88.7 Å². The van der Waals surface area contributed by atoms with Crippen LogP contribution in [0.4, 0.5) is 5.69 Å². The van der Waals surface area contributed by atoms with Gasteiger partial charge in [0, 0.05) is 33.9 Å². The maximum Gasteiger partial charge on any atom is 0.306 e. The molecule has 1 unspecified atom stereocenters. The molecule has 3 aromatic rings. The molecule has 0 aromatic heterocycles. The molecule has 6 heteroatoms. The maximum absolute atomic E-state index is 12.3. The van der Waals surface area contributed by atoms with E-state index < -0.39 is 12.1 Å². The van der Waals surface area contributed by atoms with Crippen LogP contribution in [0, 0.1) is 6.92 Å². The van der Waals surface area contributed by atoms with E-state index in [9.17, 15) is 14.4 Å². The fraction of sp³-hybridized carbons (Fsp3) is 0.222. The van der Waals surface area contributed by atoms with Gasteiger partial charge < -0.3 is 10.1 Å². The normalized spacial score (nSPS) is 11.5. The molecule has 33 heavy (non-hydrogen) atoms. The van der Waals surface area contributed by atoms with E-state index >= 15 is 0 Å². The van der Waals surface area contributed by atoms with Gasteiger partial charge in [-0.1, -0.05) is 59.8 Å². The maximum atomic E-state index is 12.3. The molecule has 3 rings (SSSR count). The Labute approximate surface area is 198 Å². The van der Waals surface area contributed by atoms with Gasteiger partial charge in [0.05, 0.1) is 0 Å². The minimum Gasteiger partial charge on any atom is -0.454 e. The summed E-state index contributed by atoms with van der Waals surface area (Å²) in [6.07, 6.45) is -0.245. The molecule has 0 saturated heterocycles. The average Bonchev–Trinajstić information content (AvgIpc) is 2.82. The third-order valence-corrected chi connectivity index (χ3v) is 5.93. The third kappa shape index (κ3) is 7.91. The highest BCUT2D eigenvalue weighted by molar-refractivity contribution is 7.99. The number of carbonyl (C=O) groups is 3. The summed E-state index contributed by atoms with van der Waals surface area (Å²) >= 11 is 1.66. The van der Waals surface area contributed by atoms with Crippen LogP contribution in [-0.4, -0.2) is 23.8 Å². The molecule has 0 saturated carbocycles. The van der Waals surface area contributed by atoms with Crippen LogP contribution in [0.25, 0.3) is 0 Å². The van der Waals surface area contributed by atoms with Crippen LogP contribution in [-0.2, 0) is 14.3 Å². The van der Waals surface area contributed by atoms with E-state index in [0.717, 1.165) is 9.79 Å². The number of ether oxygens (including phenoxy) is 1. The van der Waals surface area contributed by atoms with E-state index in [0.29, 0.717) is 17.7 Å². The molecule has 1 atom stereocenters. The predicted octanol–water partition coefficient (Wildman–Crippen LogP) is 6.07. The summed E-state index contributed by atoms with van der Waals surface area (Å²) in [4.78, 5) is 38.7. The van der Waals surface area contributed by atoms with Crippen molar-refractivity contribution in [3.8, 4) is 0 Å². The Balaban J connectivity index is 1.38. The Morgan fingerprint density at radius 3 is 2.09 bits per heavy atom. The zero-order chi connectivity index (χ0) is 23.6. The number of nitrogens with one attached hydrogen (secondary N) is 1. The second kappa shape index (κ2) is 12.0. The first-order valence-electron chi connectivity index (χ1n) is 10.8. The van der Waals surface area contributed by atoms with Crippen LogP contribution >= 0.6 is 11.8 Å². The van der Waals surface area contributed by atoms with Crippen molar-refractivity contribution in [2.45, 2.75) is 49.0 Å². The van der Waals surface area contributed by atoms with Crippen LogP contribution in [0.3, 0.4) is 0 Å². The standard InChI is InChI=1S/C27H27NO4S/c1-19-11-15-23(16-12-19)33-24-17-13-22(14-18-24)28-25(29)9-6-10-26(30)32-20(2)27(31)21-7-4-3-5-8-21/h3-5,7-8,11-18,20H,6,9-10H2,1-2H3,(H,28,29). The Bertz CT molecular complexity index is 1080. The Morgan fingerprint density at radius 1 is 0.848 bits per heavy atom. The minimum absolute atomic E-state index is 0.0754. The van der Waals surface area contributed by atoms with Crippen LogP contribution in [0.5, 0.6) is 0 Å². The molecule has 0 spiro atoms. The first-order chi connectivity index (χ1) is 15.9. The number of hydrogen-bond acceptors (Lipinski definition) is 5. The van der Waals surface area contributed by atoms with Gasteiger partial charge in [0.1, 0.15) is 0 Å². The van der Waals surface area contributed by atoms with Gasteiger partial charge in [0.25, 0.3) is 0 Å². The number of anilines is 1. The second-order valence-electron chi connectivity index (χ2n) is 7.70. The van der Waals surface area contributed by atoms with E-state index in [1.165, 1.54) is 5.56 Å². The van der Waals surface area contributed by atoms with Gasteiger partial charge in [-0.15, -0.1) is 0 Å². The highest BCUT2D eigenvalue weighted by Crippen LogP contribution is 2.28. The van der Waals surface area contributed by atoms with Crippen molar-refractivity contribution in [2.24, 2.45) is 0 Å². The van der Waals surface area contributed by atoms with Crippen LogP contribution < -0.4 is 5.32 Å². The molecule has 0 radical (unpaired) electrons. The van der Waals surface area contributed by atoms with Crippen LogP contribution in [0.2, 0.25) is 0 Å². The van der Waals surface area contributed by atoms with Crippen molar-refractivity contribution >= 4 is 35.1 Å². The largest absolute Gasteiger partial charge is 0.454 e. The number of rotatable bonds is 10. The molecule has 0 aliphatic carbocycles. The highest BCUT2D eigenvalue weighted by atomic mass is 32.2. The van der Waals surface area contributed by atoms with Gasteiger partial charge in [-0.2, -0.15) is 0 Å². The lowest BCUT2D eigenvalue weighted by atomic mass is 10.1. The first-order valence-corrected chi connectivity index (χ1v) is 11.7. The number of amides is 1. The van der Waals surface area contributed by atoms with Crippen molar-refractivity contribution < 1.29 is 19.1 Å². The molecule has 1 N–H and O–H groups in total. The van der Waals surface area contributed by atoms with E-state index in [1.54, 1.807) is 43.0 Å². The quantitative estimate of drug-likeness (QED) is 0.293. The Hall–Kier alpha value is -3.38. The van der Waals surface area contributed by atoms with Crippen molar-refractivity contribution in [2.75, 3.05) is 5.32 Å². The lowest BCUT2D eigenvalue weighted by Gasteiger charge is -2.12. The molecular formula is C27H27NO4S. The van der Waals surface area contributed by atoms with Crippen molar-refractivity contribution in [3.05, 3.63) is 90.0 Å². The summed E-state index contributed by atoms with van der Waals surface area (Å²) in [5.74, 6) is -0.905. The predicted molar refractivity (Wildman–Crippen MR) is 131 cm³/mol. The van der Waals surface area contributed by atoms with E-state index in [2.05, 4.69) is 36.5 Å². The lowest BCUT2D eigenvalue weighted by molar-refractivity contribution is -0.146. The number of hydrogen-bond donors (Lipinski definition) is 1. The summed E-state index contributed by atoms with van der Waals surface area (Å²) in [5.41, 5.74) is 2.43. The van der Waals surface area contributed by atoms with E-state index in [1.807, 2.05) is 30.3 Å². The van der Waals surface area contributed by atoms with Gasteiger partial charge in [-0.3, -0.25) is 14.4 Å². The Kier molecular flexibility index (Phi) is 8.84. The molecule has 0 heterocycles. The summed E-state index contributed by atoms with van der Waals surface area (Å²) in [7, 11) is 0. The smallest absolute Gasteiger partial charge is 0.306 e. The Morgan fingerprint density at radius 2 is 1.45 bits per heavy atom. The number of carbonyl (C=O) groups excluding carboxylic acids is 3. The highest BCUT2D eigenvalue weighted by Gasteiger charge is 2.19. The van der Waals surface area contributed by atoms with Gasteiger partial charge in [0.2, 0.25) is 11.7 Å². The summed E-state index contributed by atoms with van der Waals surface area (Å²) in [5, 5.41) is 2.84. The van der Waals surface area contributed by atoms with Gasteiger partial charge in [0.15, 0.2) is 6.10 Å². The number of aryl methyl sites for hydroxylation is 1. The van der Waals surface area contributed by atoms with Crippen LogP contribution in [0.1, 0.15) is 42.1 Å². The molecule has 0 fully saturated rings. The molecule has 0 aliphatic rings. The van der Waals surface area contributed by atoms with Gasteiger partial charge >= 0.3 is 5.97 Å². The number of Topliss-reactive ketones (excluding diaryl/α,β-unsaturated/α-hetero) is 1. The van der Waals surface area contributed by atoms with E-state index in [4.69, 9.17) is 4.74 Å². The minimum atomic E-state index is -0.856. The molecule has 3 aromatic carbocycles. The van der Waals surface area contributed by atoms with Gasteiger partial charge in [-0.05, 0) is 56.7 Å². The topological polar surface area (TPSA) is 72.5 Å². The van der Waals surface area contributed by atoms with Gasteiger partial charge in [-0.25, -0.2) is 0 Å². The van der Waals surface area contributed by atoms with Crippen molar-refractivity contribution in [1.82, 2.24) is 0 Å². The fourth-order valence-electron chi connectivity index (χ4n) is 3.11. The second-order valence-corrected chi connectivity index (χ2v) is 8.85. The summed E-state index contributed by atoms with van der Waals surface area (Å²) < 4.78 is 5.21. The monoisotopic (exact) mass is 461 g/mol. The molecule has 0 aliphatic heterocycles. The summed E-state index contributed by atoms with van der Waals surface area (Å²) in [6, 6.07) is 24.7. The molecule has 170 valence electrons. The third-order valence-electron chi connectivity index (χ3n) is 4.92. The number of ketones is 1. The first kappa shape index (κ1) is 24.3. The molecule has 0 bridgehead atoms. The average molecular weight is 462 g/mol. The number of benzene rings is 3. The SMILES string of the molecule is Cc1ccc(Sc2ccc(NC(=O)CCCC(=O)OC(C)C(=O)c3ccccc3)cc2)cc1. The zero-order valence-electron chi connectivity index (χ0n) is 18.7.